The monoisotopic (exact) mass is 487 g/mol. The molecule has 0 fully saturated rings. The van der Waals surface area contributed by atoms with Gasteiger partial charge in [-0.1, -0.05) is 24.3 Å². The standard InChI is InChI=1S/C25H25F4N5O/c1-23(2,3)34-22(31-32-33-34)21(17-8-10-18(11-9-17)25(27,28)29)24(30,20-5-4-14-35-20)15-16-6-12-19(26)13-7-16/h4-14,21H,15,30H2,1-3H3. The minimum absolute atomic E-state index is 0.170. The lowest BCUT2D eigenvalue weighted by atomic mass is 9.73. The van der Waals surface area contributed by atoms with E-state index in [1.54, 1.807) is 28.9 Å². The van der Waals surface area contributed by atoms with Gasteiger partial charge in [0.2, 0.25) is 0 Å². The molecular weight excluding hydrogens is 462 g/mol. The normalized spacial score (nSPS) is 15.1. The van der Waals surface area contributed by atoms with Crippen molar-refractivity contribution in [3.63, 3.8) is 0 Å². The first-order chi connectivity index (χ1) is 16.4. The number of tetrazole rings is 1. The minimum Gasteiger partial charge on any atom is -0.467 e. The minimum atomic E-state index is -4.49. The van der Waals surface area contributed by atoms with Crippen LogP contribution >= 0.6 is 0 Å². The Balaban J connectivity index is 1.94. The number of alkyl halides is 3. The van der Waals surface area contributed by atoms with Crippen LogP contribution in [0.2, 0.25) is 0 Å². The van der Waals surface area contributed by atoms with E-state index < -0.39 is 34.6 Å². The third-order valence-corrected chi connectivity index (χ3v) is 5.86. The molecule has 2 N–H and O–H groups in total. The maximum Gasteiger partial charge on any atom is 0.416 e. The van der Waals surface area contributed by atoms with E-state index in [0.717, 1.165) is 12.1 Å². The van der Waals surface area contributed by atoms with Gasteiger partial charge >= 0.3 is 6.18 Å². The fraction of sp³-hybridized carbons (Fsp3) is 0.320. The second-order valence-electron chi connectivity index (χ2n) is 9.49. The van der Waals surface area contributed by atoms with Crippen molar-refractivity contribution in [3.05, 3.63) is 101 Å². The maximum absolute atomic E-state index is 13.6. The van der Waals surface area contributed by atoms with Crippen molar-refractivity contribution < 1.29 is 22.0 Å². The summed E-state index contributed by atoms with van der Waals surface area (Å²) >= 11 is 0. The summed E-state index contributed by atoms with van der Waals surface area (Å²) < 4.78 is 60.8. The third-order valence-electron chi connectivity index (χ3n) is 5.86. The lowest BCUT2D eigenvalue weighted by Crippen LogP contribution is -2.47. The molecule has 0 amide bonds. The molecule has 0 radical (unpaired) electrons. The molecule has 0 aliphatic rings. The zero-order chi connectivity index (χ0) is 25.4. The molecule has 4 aromatic rings. The summed E-state index contributed by atoms with van der Waals surface area (Å²) in [6.45, 7) is 5.71. The molecule has 0 bridgehead atoms. The molecule has 0 spiro atoms. The van der Waals surface area contributed by atoms with Crippen molar-refractivity contribution >= 4 is 0 Å². The summed E-state index contributed by atoms with van der Waals surface area (Å²) in [6.07, 6.45) is -2.85. The highest BCUT2D eigenvalue weighted by Gasteiger charge is 2.45. The number of hydrogen-bond acceptors (Lipinski definition) is 5. The Morgan fingerprint density at radius 3 is 2.17 bits per heavy atom. The van der Waals surface area contributed by atoms with Crippen molar-refractivity contribution in [3.8, 4) is 0 Å². The second kappa shape index (κ2) is 8.92. The average Bonchev–Trinajstić information content (AvgIpc) is 3.48. The Labute approximate surface area is 199 Å². The van der Waals surface area contributed by atoms with E-state index in [1.807, 2.05) is 20.8 Å². The fourth-order valence-electron chi connectivity index (χ4n) is 4.21. The van der Waals surface area contributed by atoms with E-state index in [-0.39, 0.29) is 6.42 Å². The number of nitrogens with zero attached hydrogens (tertiary/aromatic N) is 4. The molecule has 6 nitrogen and oxygen atoms in total. The molecule has 184 valence electrons. The van der Waals surface area contributed by atoms with E-state index in [2.05, 4.69) is 15.5 Å². The maximum atomic E-state index is 13.6. The largest absolute Gasteiger partial charge is 0.467 e. The molecule has 4 rings (SSSR count). The summed E-state index contributed by atoms with van der Waals surface area (Å²) in [5.74, 6) is -0.464. The second-order valence-corrected chi connectivity index (χ2v) is 9.49. The predicted octanol–water partition coefficient (Wildman–Crippen LogP) is 5.41. The molecule has 0 aliphatic carbocycles. The smallest absolute Gasteiger partial charge is 0.416 e. The number of aromatic nitrogens is 4. The van der Waals surface area contributed by atoms with Gasteiger partial charge in [-0.25, -0.2) is 9.07 Å². The molecule has 2 atom stereocenters. The predicted molar refractivity (Wildman–Crippen MR) is 121 cm³/mol. The average molecular weight is 488 g/mol. The molecule has 2 aromatic heterocycles. The summed E-state index contributed by atoms with van der Waals surface area (Å²) in [5, 5.41) is 12.3. The van der Waals surface area contributed by atoms with Gasteiger partial charge in [0.1, 0.15) is 11.6 Å². The molecule has 0 saturated heterocycles. The Kier molecular flexibility index (Phi) is 6.27. The molecule has 0 saturated carbocycles. The van der Waals surface area contributed by atoms with E-state index >= 15 is 0 Å². The molecule has 0 aliphatic heterocycles. The van der Waals surface area contributed by atoms with E-state index in [4.69, 9.17) is 10.2 Å². The van der Waals surface area contributed by atoms with Gasteiger partial charge in [-0.3, -0.25) is 0 Å². The van der Waals surface area contributed by atoms with Gasteiger partial charge in [0.05, 0.1) is 28.8 Å². The van der Waals surface area contributed by atoms with Crippen molar-refractivity contribution in [2.75, 3.05) is 0 Å². The number of benzene rings is 2. The SMILES string of the molecule is CC(C)(C)n1nnnc1C(c1ccc(C(F)(F)F)cc1)C(N)(Cc1ccc(F)cc1)c1ccco1. The first kappa shape index (κ1) is 24.6. The van der Waals surface area contributed by atoms with Crippen LogP contribution in [0.3, 0.4) is 0 Å². The Bertz CT molecular complexity index is 1260. The summed E-state index contributed by atoms with van der Waals surface area (Å²) in [7, 11) is 0. The van der Waals surface area contributed by atoms with Gasteiger partial charge in [-0.05, 0) is 85.1 Å². The van der Waals surface area contributed by atoms with Gasteiger partial charge in [0.15, 0.2) is 5.82 Å². The number of hydrogen-bond donors (Lipinski definition) is 1. The van der Waals surface area contributed by atoms with Gasteiger partial charge in [0, 0.05) is 0 Å². The van der Waals surface area contributed by atoms with Crippen LogP contribution in [0, 0.1) is 5.82 Å². The molecule has 2 unspecified atom stereocenters. The molecular formula is C25H25F4N5O. The number of nitrogens with two attached hydrogens (primary N) is 1. The van der Waals surface area contributed by atoms with Crippen molar-refractivity contribution in [2.24, 2.45) is 5.73 Å². The lowest BCUT2D eigenvalue weighted by Gasteiger charge is -2.37. The first-order valence-electron chi connectivity index (χ1n) is 10.9. The molecule has 2 aromatic carbocycles. The van der Waals surface area contributed by atoms with Crippen LogP contribution in [-0.2, 0) is 23.7 Å². The van der Waals surface area contributed by atoms with Crippen molar-refractivity contribution in [1.82, 2.24) is 20.2 Å². The van der Waals surface area contributed by atoms with Gasteiger partial charge in [0.25, 0.3) is 0 Å². The highest BCUT2D eigenvalue weighted by molar-refractivity contribution is 5.38. The fourth-order valence-corrected chi connectivity index (χ4v) is 4.21. The Morgan fingerprint density at radius 2 is 1.63 bits per heavy atom. The first-order valence-corrected chi connectivity index (χ1v) is 10.9. The van der Waals surface area contributed by atoms with E-state index in [1.165, 1.54) is 30.5 Å². The zero-order valence-corrected chi connectivity index (χ0v) is 19.4. The van der Waals surface area contributed by atoms with Gasteiger partial charge in [-0.15, -0.1) is 5.10 Å². The van der Waals surface area contributed by atoms with Crippen LogP contribution in [0.25, 0.3) is 0 Å². The lowest BCUT2D eigenvalue weighted by molar-refractivity contribution is -0.137. The van der Waals surface area contributed by atoms with Crippen LogP contribution in [0.1, 0.15) is 55.0 Å². The van der Waals surface area contributed by atoms with Crippen LogP contribution < -0.4 is 5.73 Å². The number of rotatable bonds is 6. The highest BCUT2D eigenvalue weighted by atomic mass is 19.4. The van der Waals surface area contributed by atoms with E-state index in [9.17, 15) is 17.6 Å². The van der Waals surface area contributed by atoms with Crippen LogP contribution in [0.4, 0.5) is 17.6 Å². The van der Waals surface area contributed by atoms with E-state index in [0.29, 0.717) is 22.7 Å². The summed E-state index contributed by atoms with van der Waals surface area (Å²) in [5.41, 5.74) is 5.63. The number of furan rings is 1. The van der Waals surface area contributed by atoms with Crippen LogP contribution in [0.15, 0.2) is 71.3 Å². The van der Waals surface area contributed by atoms with Gasteiger partial charge < -0.3 is 10.2 Å². The van der Waals surface area contributed by atoms with Gasteiger partial charge in [-0.2, -0.15) is 13.2 Å². The Morgan fingerprint density at radius 1 is 0.971 bits per heavy atom. The zero-order valence-electron chi connectivity index (χ0n) is 19.4. The van der Waals surface area contributed by atoms with Crippen LogP contribution in [0.5, 0.6) is 0 Å². The van der Waals surface area contributed by atoms with Crippen LogP contribution in [-0.4, -0.2) is 20.2 Å². The third kappa shape index (κ3) is 4.97. The molecule has 35 heavy (non-hydrogen) atoms. The van der Waals surface area contributed by atoms with Crippen molar-refractivity contribution in [1.29, 1.82) is 0 Å². The van der Waals surface area contributed by atoms with Crippen molar-refractivity contribution in [2.45, 2.75) is 50.4 Å². The summed E-state index contributed by atoms with van der Waals surface area (Å²) in [6, 6.07) is 14.0. The quantitative estimate of drug-likeness (QED) is 0.368. The highest BCUT2D eigenvalue weighted by Crippen LogP contribution is 2.43. The molecule has 2 heterocycles. The molecule has 10 heteroatoms. The number of halogens is 4. The Hall–Kier alpha value is -3.53. The summed E-state index contributed by atoms with van der Waals surface area (Å²) in [4.78, 5) is 0. The topological polar surface area (TPSA) is 82.8 Å².